The van der Waals surface area contributed by atoms with Gasteiger partial charge in [-0.2, -0.15) is 0 Å². The molecule has 1 heterocycles. The highest BCUT2D eigenvalue weighted by Gasteiger charge is 2.43. The summed E-state index contributed by atoms with van der Waals surface area (Å²) in [7, 11) is 1.39. The lowest BCUT2D eigenvalue weighted by molar-refractivity contribution is -0.312. The van der Waals surface area contributed by atoms with Crippen molar-refractivity contribution in [2.45, 2.75) is 44.4 Å². The van der Waals surface area contributed by atoms with E-state index in [9.17, 15) is 20.4 Å². The van der Waals surface area contributed by atoms with Crippen molar-refractivity contribution in [3.63, 3.8) is 0 Å². The van der Waals surface area contributed by atoms with Crippen LogP contribution in [0.2, 0.25) is 0 Å². The Morgan fingerprint density at radius 3 is 2.45 bits per heavy atom. The van der Waals surface area contributed by atoms with Crippen molar-refractivity contribution >= 4 is 21.6 Å². The topological polar surface area (TPSA) is 112 Å². The maximum atomic E-state index is 10.6. The van der Waals surface area contributed by atoms with E-state index in [-0.39, 0.29) is 0 Å². The molecule has 168 valence electrons. The van der Waals surface area contributed by atoms with E-state index in [2.05, 4.69) is 0 Å². The smallest absolute Gasteiger partial charge is 0.221 e. The second kappa shape index (κ2) is 10.1. The lowest BCUT2D eigenvalue weighted by Crippen LogP contribution is -2.49. The average molecular weight is 448 g/mol. The van der Waals surface area contributed by atoms with Gasteiger partial charge in [-0.3, -0.25) is 0 Å². The number of benzene rings is 2. The minimum absolute atomic E-state index is 0.537. The molecule has 0 aliphatic carbocycles. The van der Waals surface area contributed by atoms with E-state index < -0.39 is 37.3 Å². The van der Waals surface area contributed by atoms with Crippen LogP contribution in [0.15, 0.2) is 42.5 Å². The highest BCUT2D eigenvalue weighted by Crippen LogP contribution is 2.35. The molecule has 0 fully saturated rings. The Bertz CT molecular complexity index is 974. The second-order valence-electron chi connectivity index (χ2n) is 7.53. The predicted octanol–water partition coefficient (Wildman–Crippen LogP) is 2.11. The van der Waals surface area contributed by atoms with Crippen LogP contribution < -0.4 is 0 Å². The number of fused-ring (bicyclic) bond motifs is 1. The number of ether oxygens (including phenoxy) is 2. The zero-order valence-corrected chi connectivity index (χ0v) is 18.7. The number of nitrogens with zero attached hydrogens (tertiary/aromatic N) is 1. The van der Waals surface area contributed by atoms with E-state index in [0.717, 1.165) is 26.4 Å². The van der Waals surface area contributed by atoms with Gasteiger partial charge in [-0.1, -0.05) is 24.3 Å². The van der Waals surface area contributed by atoms with Crippen molar-refractivity contribution < 1.29 is 29.9 Å². The third-order valence-electron chi connectivity index (χ3n) is 5.41. The van der Waals surface area contributed by atoms with Gasteiger partial charge in [0, 0.05) is 19.1 Å². The Labute approximate surface area is 185 Å². The number of aryl methyl sites for hydroxylation is 1. The van der Waals surface area contributed by atoms with Gasteiger partial charge in [0.15, 0.2) is 0 Å². The molecule has 8 heteroatoms. The number of aliphatic hydroxyl groups excluding tert-OH is 4. The standard InChI is InChI=1S/C23H29NO6S/c1-14-8-9-17(23(29-3,15(2)27)30-20(13-26)19(28)12-25)10-16(14)11-22-24-18-6-4-5-7-21(18)31-22/h4-10,15,19-20,25-28H,11-13H2,1-3H3/t15-,19+,20?,23?/m1/s1. The molecular weight excluding hydrogens is 418 g/mol. The number of aromatic nitrogens is 1. The fraction of sp³-hybridized carbons (Fsp3) is 0.435. The summed E-state index contributed by atoms with van der Waals surface area (Å²) < 4.78 is 12.6. The second-order valence-corrected chi connectivity index (χ2v) is 8.64. The van der Waals surface area contributed by atoms with Gasteiger partial charge in [-0.15, -0.1) is 11.3 Å². The molecule has 2 aromatic carbocycles. The van der Waals surface area contributed by atoms with Crippen molar-refractivity contribution in [2.75, 3.05) is 20.3 Å². The Balaban J connectivity index is 1.98. The van der Waals surface area contributed by atoms with Gasteiger partial charge in [-0.05, 0) is 43.2 Å². The fourth-order valence-electron chi connectivity index (χ4n) is 3.56. The summed E-state index contributed by atoms with van der Waals surface area (Å²) in [4.78, 5) is 4.70. The van der Waals surface area contributed by atoms with E-state index in [0.29, 0.717) is 12.0 Å². The summed E-state index contributed by atoms with van der Waals surface area (Å²) in [6, 6.07) is 13.6. The Morgan fingerprint density at radius 2 is 1.84 bits per heavy atom. The van der Waals surface area contributed by atoms with Crippen LogP contribution in [0.1, 0.15) is 28.6 Å². The van der Waals surface area contributed by atoms with Gasteiger partial charge in [0.05, 0.1) is 28.4 Å². The molecule has 0 bridgehead atoms. The SMILES string of the molecule is COC(OC(CO)[C@@H](O)CO)(c1ccc(C)c(Cc2nc3ccccc3s2)c1)[C@@H](C)O. The van der Waals surface area contributed by atoms with Gasteiger partial charge in [0.1, 0.15) is 18.3 Å². The third-order valence-corrected chi connectivity index (χ3v) is 6.44. The molecule has 7 nitrogen and oxygen atoms in total. The largest absolute Gasteiger partial charge is 0.394 e. The normalized spacial score (nSPS) is 16.7. The maximum Gasteiger partial charge on any atom is 0.221 e. The monoisotopic (exact) mass is 447 g/mol. The van der Waals surface area contributed by atoms with E-state index in [1.54, 1.807) is 17.4 Å². The predicted molar refractivity (Wildman–Crippen MR) is 119 cm³/mol. The van der Waals surface area contributed by atoms with Gasteiger partial charge in [-0.25, -0.2) is 4.98 Å². The number of hydrogen-bond acceptors (Lipinski definition) is 8. The zero-order valence-electron chi connectivity index (χ0n) is 17.9. The van der Waals surface area contributed by atoms with Gasteiger partial charge >= 0.3 is 0 Å². The van der Waals surface area contributed by atoms with Crippen molar-refractivity contribution in [1.29, 1.82) is 0 Å². The van der Waals surface area contributed by atoms with Crippen LogP contribution in [0.5, 0.6) is 0 Å². The molecule has 0 saturated heterocycles. The third kappa shape index (κ3) is 4.96. The van der Waals surface area contributed by atoms with E-state index in [4.69, 9.17) is 14.5 Å². The lowest BCUT2D eigenvalue weighted by atomic mass is 9.94. The molecular formula is C23H29NO6S. The van der Waals surface area contributed by atoms with E-state index >= 15 is 0 Å². The molecule has 0 aliphatic heterocycles. The molecule has 0 radical (unpaired) electrons. The molecule has 4 N–H and O–H groups in total. The number of hydrogen-bond donors (Lipinski definition) is 4. The summed E-state index contributed by atoms with van der Waals surface area (Å²) in [6.07, 6.45) is -3.00. The van der Waals surface area contributed by atoms with Crippen LogP contribution in [0.3, 0.4) is 0 Å². The summed E-state index contributed by atoms with van der Waals surface area (Å²) in [6.45, 7) is 2.36. The van der Waals surface area contributed by atoms with Crippen LogP contribution in [0.25, 0.3) is 10.2 Å². The molecule has 2 unspecified atom stereocenters. The number of para-hydroxylation sites is 1. The summed E-state index contributed by atoms with van der Waals surface area (Å²) >= 11 is 1.63. The molecule has 3 rings (SSSR count). The van der Waals surface area contributed by atoms with Gasteiger partial charge < -0.3 is 29.9 Å². The molecule has 3 aromatic rings. The molecule has 4 atom stereocenters. The van der Waals surface area contributed by atoms with Crippen molar-refractivity contribution in [1.82, 2.24) is 4.98 Å². The highest BCUT2D eigenvalue weighted by molar-refractivity contribution is 7.18. The Hall–Kier alpha value is -1.91. The molecule has 0 spiro atoms. The lowest BCUT2D eigenvalue weighted by Gasteiger charge is -2.39. The minimum atomic E-state index is -1.64. The van der Waals surface area contributed by atoms with Crippen LogP contribution >= 0.6 is 11.3 Å². The zero-order chi connectivity index (χ0) is 22.6. The maximum absolute atomic E-state index is 10.6. The number of methoxy groups -OCH3 is 1. The van der Waals surface area contributed by atoms with Crippen molar-refractivity contribution in [3.8, 4) is 0 Å². The van der Waals surface area contributed by atoms with Crippen LogP contribution in [-0.4, -0.2) is 64.0 Å². The first-order valence-corrected chi connectivity index (χ1v) is 10.9. The van der Waals surface area contributed by atoms with Crippen molar-refractivity contribution in [2.24, 2.45) is 0 Å². The first-order chi connectivity index (χ1) is 14.8. The Kier molecular flexibility index (Phi) is 7.77. The fourth-order valence-corrected chi connectivity index (χ4v) is 4.55. The molecule has 31 heavy (non-hydrogen) atoms. The number of aliphatic hydroxyl groups is 4. The van der Waals surface area contributed by atoms with Crippen LogP contribution in [0, 0.1) is 6.92 Å². The summed E-state index contributed by atoms with van der Waals surface area (Å²) in [5.74, 6) is -1.64. The first kappa shape index (κ1) is 23.7. The summed E-state index contributed by atoms with van der Waals surface area (Å²) in [5, 5.41) is 40.4. The van der Waals surface area contributed by atoms with Gasteiger partial charge in [0.2, 0.25) is 5.79 Å². The summed E-state index contributed by atoms with van der Waals surface area (Å²) in [5.41, 5.74) is 3.53. The quantitative estimate of drug-likeness (QED) is 0.352. The molecule has 1 aromatic heterocycles. The van der Waals surface area contributed by atoms with Crippen LogP contribution in [0.4, 0.5) is 0 Å². The average Bonchev–Trinajstić information content (AvgIpc) is 3.18. The first-order valence-electron chi connectivity index (χ1n) is 10.1. The number of rotatable bonds is 10. The van der Waals surface area contributed by atoms with E-state index in [1.807, 2.05) is 43.3 Å². The van der Waals surface area contributed by atoms with E-state index in [1.165, 1.54) is 14.0 Å². The van der Waals surface area contributed by atoms with Gasteiger partial charge in [0.25, 0.3) is 0 Å². The molecule has 0 saturated carbocycles. The van der Waals surface area contributed by atoms with Crippen LogP contribution in [-0.2, 0) is 21.7 Å². The molecule has 0 aliphatic rings. The molecule has 0 amide bonds. The Morgan fingerprint density at radius 1 is 1.10 bits per heavy atom. The highest BCUT2D eigenvalue weighted by atomic mass is 32.1. The minimum Gasteiger partial charge on any atom is -0.394 e. The van der Waals surface area contributed by atoms with Crippen molar-refractivity contribution in [3.05, 3.63) is 64.2 Å². The number of thiazole rings is 1.